The van der Waals surface area contributed by atoms with Crippen LogP contribution in [0.1, 0.15) is 16.8 Å². The summed E-state index contributed by atoms with van der Waals surface area (Å²) >= 11 is 12.4. The standard InChI is InChI=1S/C15H15Cl2N3O/c1-9-13(15(17)19(2)18-9)7-20-6-10(8-21)12-4-3-11(16)5-14(12)20/h3-6,21H,7-8H2,1-2H3. The third kappa shape index (κ3) is 2.44. The highest BCUT2D eigenvalue weighted by Gasteiger charge is 2.14. The highest BCUT2D eigenvalue weighted by molar-refractivity contribution is 6.31. The van der Waals surface area contributed by atoms with Crippen LogP contribution in [0.5, 0.6) is 0 Å². The number of hydrogen-bond acceptors (Lipinski definition) is 2. The molecule has 3 aromatic rings. The first-order valence-electron chi connectivity index (χ1n) is 6.57. The van der Waals surface area contributed by atoms with Crippen molar-refractivity contribution in [1.29, 1.82) is 0 Å². The number of aliphatic hydroxyl groups excluding tert-OH is 1. The van der Waals surface area contributed by atoms with Crippen LogP contribution >= 0.6 is 23.2 Å². The number of aliphatic hydroxyl groups is 1. The van der Waals surface area contributed by atoms with Crippen LogP contribution in [-0.2, 0) is 20.2 Å². The van der Waals surface area contributed by atoms with E-state index in [1.54, 1.807) is 4.68 Å². The molecule has 1 N–H and O–H groups in total. The third-order valence-corrected chi connectivity index (χ3v) is 4.40. The summed E-state index contributed by atoms with van der Waals surface area (Å²) < 4.78 is 3.71. The van der Waals surface area contributed by atoms with Crippen LogP contribution in [0.25, 0.3) is 10.9 Å². The van der Waals surface area contributed by atoms with Gasteiger partial charge in [-0.2, -0.15) is 5.10 Å². The number of benzene rings is 1. The molecule has 0 aliphatic heterocycles. The topological polar surface area (TPSA) is 43.0 Å². The van der Waals surface area contributed by atoms with E-state index in [2.05, 4.69) is 5.10 Å². The lowest BCUT2D eigenvalue weighted by Gasteiger charge is -2.06. The summed E-state index contributed by atoms with van der Waals surface area (Å²) in [6, 6.07) is 5.66. The van der Waals surface area contributed by atoms with Crippen molar-refractivity contribution in [2.24, 2.45) is 7.05 Å². The van der Waals surface area contributed by atoms with Gasteiger partial charge in [-0.3, -0.25) is 4.68 Å². The number of hydrogen-bond donors (Lipinski definition) is 1. The van der Waals surface area contributed by atoms with Gasteiger partial charge in [0.1, 0.15) is 5.15 Å². The van der Waals surface area contributed by atoms with Gasteiger partial charge in [0.15, 0.2) is 0 Å². The Morgan fingerprint density at radius 1 is 1.29 bits per heavy atom. The van der Waals surface area contributed by atoms with Crippen LogP contribution in [0.15, 0.2) is 24.4 Å². The number of rotatable bonds is 3. The van der Waals surface area contributed by atoms with Crippen LogP contribution in [0, 0.1) is 6.92 Å². The average molecular weight is 324 g/mol. The molecule has 2 aromatic heterocycles. The fraction of sp³-hybridized carbons (Fsp3) is 0.267. The van der Waals surface area contributed by atoms with Gasteiger partial charge >= 0.3 is 0 Å². The predicted molar refractivity (Wildman–Crippen MR) is 84.9 cm³/mol. The van der Waals surface area contributed by atoms with Crippen molar-refractivity contribution < 1.29 is 5.11 Å². The molecule has 4 nitrogen and oxygen atoms in total. The van der Waals surface area contributed by atoms with E-state index in [4.69, 9.17) is 23.2 Å². The van der Waals surface area contributed by atoms with Gasteiger partial charge in [0.25, 0.3) is 0 Å². The van der Waals surface area contributed by atoms with E-state index in [-0.39, 0.29) is 6.61 Å². The monoisotopic (exact) mass is 323 g/mol. The fourth-order valence-corrected chi connectivity index (χ4v) is 3.02. The molecular formula is C15H15Cl2N3O. The van der Waals surface area contributed by atoms with Gasteiger partial charge in [0, 0.05) is 34.8 Å². The minimum absolute atomic E-state index is 0.00904. The van der Waals surface area contributed by atoms with E-state index in [0.29, 0.717) is 16.7 Å². The number of aromatic nitrogens is 3. The van der Waals surface area contributed by atoms with Crippen molar-refractivity contribution in [1.82, 2.24) is 14.3 Å². The molecule has 0 spiro atoms. The van der Waals surface area contributed by atoms with Gasteiger partial charge in [-0.1, -0.05) is 29.3 Å². The molecule has 21 heavy (non-hydrogen) atoms. The molecule has 0 fully saturated rings. The van der Waals surface area contributed by atoms with E-state index in [1.165, 1.54) is 0 Å². The molecule has 0 aliphatic carbocycles. The van der Waals surface area contributed by atoms with Crippen molar-refractivity contribution >= 4 is 34.1 Å². The second-order valence-corrected chi connectivity index (χ2v) is 5.87. The maximum atomic E-state index is 9.51. The molecule has 0 aliphatic rings. The SMILES string of the molecule is Cc1nn(C)c(Cl)c1Cn1cc(CO)c2ccc(Cl)cc21. The number of nitrogens with zero attached hydrogens (tertiary/aromatic N) is 3. The Morgan fingerprint density at radius 3 is 2.67 bits per heavy atom. The van der Waals surface area contributed by atoms with Crippen molar-refractivity contribution in [3.63, 3.8) is 0 Å². The quantitative estimate of drug-likeness (QED) is 0.801. The van der Waals surface area contributed by atoms with Crippen molar-refractivity contribution in [2.45, 2.75) is 20.1 Å². The van der Waals surface area contributed by atoms with Crippen LogP contribution in [-0.4, -0.2) is 19.5 Å². The number of aryl methyl sites for hydroxylation is 2. The third-order valence-electron chi connectivity index (χ3n) is 3.70. The van der Waals surface area contributed by atoms with Crippen LogP contribution < -0.4 is 0 Å². The maximum absolute atomic E-state index is 9.51. The lowest BCUT2D eigenvalue weighted by atomic mass is 10.2. The van der Waals surface area contributed by atoms with Gasteiger partial charge in [0.05, 0.1) is 24.4 Å². The highest BCUT2D eigenvalue weighted by atomic mass is 35.5. The van der Waals surface area contributed by atoms with E-state index in [1.807, 2.05) is 42.9 Å². The second-order valence-electron chi connectivity index (χ2n) is 5.08. The van der Waals surface area contributed by atoms with Crippen molar-refractivity contribution in [2.75, 3.05) is 0 Å². The molecule has 0 atom stereocenters. The molecule has 110 valence electrons. The fourth-order valence-electron chi connectivity index (χ4n) is 2.62. The molecule has 2 heterocycles. The van der Waals surface area contributed by atoms with Crippen LogP contribution in [0.2, 0.25) is 10.2 Å². The Balaban J connectivity index is 2.14. The summed E-state index contributed by atoms with van der Waals surface area (Å²) in [4.78, 5) is 0. The molecule has 0 unspecified atom stereocenters. The van der Waals surface area contributed by atoms with Gasteiger partial charge in [-0.05, 0) is 19.1 Å². The normalized spacial score (nSPS) is 11.5. The Morgan fingerprint density at radius 2 is 2.05 bits per heavy atom. The first kappa shape index (κ1) is 14.4. The Labute approximate surface area is 132 Å². The molecule has 0 amide bonds. The minimum atomic E-state index is -0.00904. The maximum Gasteiger partial charge on any atom is 0.131 e. The largest absolute Gasteiger partial charge is 0.392 e. The number of halogens is 2. The summed E-state index contributed by atoms with van der Waals surface area (Å²) in [5, 5.41) is 16.1. The van der Waals surface area contributed by atoms with Crippen molar-refractivity contribution in [3.8, 4) is 0 Å². The lowest BCUT2D eigenvalue weighted by molar-refractivity contribution is 0.283. The molecule has 1 aromatic carbocycles. The van der Waals surface area contributed by atoms with Gasteiger partial charge in [-0.25, -0.2) is 0 Å². The molecule has 3 rings (SSSR count). The van der Waals surface area contributed by atoms with Gasteiger partial charge in [-0.15, -0.1) is 0 Å². The van der Waals surface area contributed by atoms with E-state index >= 15 is 0 Å². The zero-order chi connectivity index (χ0) is 15.1. The van der Waals surface area contributed by atoms with E-state index < -0.39 is 0 Å². The average Bonchev–Trinajstić information content (AvgIpc) is 2.91. The smallest absolute Gasteiger partial charge is 0.131 e. The highest BCUT2D eigenvalue weighted by Crippen LogP contribution is 2.27. The Kier molecular flexibility index (Phi) is 3.69. The molecule has 0 radical (unpaired) electrons. The van der Waals surface area contributed by atoms with Gasteiger partial charge in [0.2, 0.25) is 0 Å². The zero-order valence-electron chi connectivity index (χ0n) is 11.8. The first-order chi connectivity index (χ1) is 10.0. The van der Waals surface area contributed by atoms with Crippen molar-refractivity contribution in [3.05, 3.63) is 51.4 Å². The van der Waals surface area contributed by atoms with E-state index in [0.717, 1.165) is 27.7 Å². The summed E-state index contributed by atoms with van der Waals surface area (Å²) in [6.45, 7) is 2.52. The summed E-state index contributed by atoms with van der Waals surface area (Å²) in [6.07, 6.45) is 1.93. The Hall–Kier alpha value is -1.49. The molecule has 0 saturated carbocycles. The molecule has 6 heteroatoms. The van der Waals surface area contributed by atoms with Crippen LogP contribution in [0.4, 0.5) is 0 Å². The zero-order valence-corrected chi connectivity index (χ0v) is 13.3. The molecular weight excluding hydrogens is 309 g/mol. The summed E-state index contributed by atoms with van der Waals surface area (Å²) in [7, 11) is 1.82. The van der Waals surface area contributed by atoms with Gasteiger partial charge < -0.3 is 9.67 Å². The molecule has 0 bridgehead atoms. The summed E-state index contributed by atoms with van der Waals surface area (Å²) in [5.74, 6) is 0. The summed E-state index contributed by atoms with van der Waals surface area (Å²) in [5.41, 5.74) is 3.72. The molecule has 0 saturated heterocycles. The first-order valence-corrected chi connectivity index (χ1v) is 7.33. The second kappa shape index (κ2) is 5.37. The minimum Gasteiger partial charge on any atom is -0.392 e. The number of fused-ring (bicyclic) bond motifs is 1. The Bertz CT molecular complexity index is 820. The predicted octanol–water partition coefficient (Wildman–Crippen LogP) is 3.53. The van der Waals surface area contributed by atoms with E-state index in [9.17, 15) is 5.11 Å². The van der Waals surface area contributed by atoms with Crippen LogP contribution in [0.3, 0.4) is 0 Å². The lowest BCUT2D eigenvalue weighted by Crippen LogP contribution is -1.99.